The molecule has 3 aromatic rings. The van der Waals surface area contributed by atoms with Crippen LogP contribution in [0.15, 0.2) is 28.2 Å². The summed E-state index contributed by atoms with van der Waals surface area (Å²) in [6.07, 6.45) is 1.64. The van der Waals surface area contributed by atoms with Gasteiger partial charge in [0.15, 0.2) is 5.65 Å². The van der Waals surface area contributed by atoms with E-state index in [4.69, 9.17) is 0 Å². The summed E-state index contributed by atoms with van der Waals surface area (Å²) < 4.78 is 2.66. The first-order valence-corrected chi connectivity index (χ1v) is 7.51. The fourth-order valence-electron chi connectivity index (χ4n) is 2.01. The van der Waals surface area contributed by atoms with E-state index < -0.39 is 0 Å². The van der Waals surface area contributed by atoms with E-state index in [9.17, 15) is 4.79 Å². The van der Waals surface area contributed by atoms with Gasteiger partial charge in [-0.1, -0.05) is 0 Å². The molecule has 7 heteroatoms. The van der Waals surface area contributed by atoms with Crippen LogP contribution in [0.25, 0.3) is 11.0 Å². The molecule has 0 atom stereocenters. The molecule has 0 bridgehead atoms. The van der Waals surface area contributed by atoms with Gasteiger partial charge in [0.05, 0.1) is 26.2 Å². The average Bonchev–Trinajstić information content (AvgIpc) is 2.95. The van der Waals surface area contributed by atoms with Gasteiger partial charge in [-0.05, 0) is 41.1 Å². The van der Waals surface area contributed by atoms with Crippen LogP contribution in [-0.2, 0) is 7.05 Å². The second kappa shape index (κ2) is 4.99. The Bertz CT molecular complexity index is 808. The first kappa shape index (κ1) is 13.3. The van der Waals surface area contributed by atoms with E-state index in [2.05, 4.69) is 31.3 Å². The number of hydrogen-bond donors (Lipinski definition) is 1. The van der Waals surface area contributed by atoms with E-state index in [1.807, 2.05) is 26.1 Å². The molecule has 1 N–H and O–H groups in total. The van der Waals surface area contributed by atoms with Crippen LogP contribution in [0.5, 0.6) is 0 Å². The number of carbonyl (C=O) groups excluding carboxylic acids is 1. The molecule has 0 aliphatic carbocycles. The van der Waals surface area contributed by atoms with Gasteiger partial charge >= 0.3 is 0 Å². The molecule has 0 saturated carbocycles. The predicted octanol–water partition coefficient (Wildman–Crippen LogP) is 3.35. The zero-order valence-electron chi connectivity index (χ0n) is 10.8. The maximum Gasteiger partial charge on any atom is 0.265 e. The lowest BCUT2D eigenvalue weighted by Gasteiger charge is -2.03. The quantitative estimate of drug-likeness (QED) is 0.770. The smallest absolute Gasteiger partial charge is 0.265 e. The van der Waals surface area contributed by atoms with E-state index in [1.165, 1.54) is 11.3 Å². The highest BCUT2D eigenvalue weighted by Crippen LogP contribution is 2.24. The van der Waals surface area contributed by atoms with Crippen molar-refractivity contribution in [2.45, 2.75) is 6.92 Å². The van der Waals surface area contributed by atoms with Crippen molar-refractivity contribution in [2.24, 2.45) is 7.05 Å². The highest BCUT2D eigenvalue weighted by Gasteiger charge is 2.11. The van der Waals surface area contributed by atoms with Crippen LogP contribution >= 0.6 is 27.3 Å². The van der Waals surface area contributed by atoms with Crippen molar-refractivity contribution in [1.82, 2.24) is 14.8 Å². The van der Waals surface area contributed by atoms with Gasteiger partial charge in [-0.2, -0.15) is 5.10 Å². The minimum absolute atomic E-state index is 0.136. The summed E-state index contributed by atoms with van der Waals surface area (Å²) in [5.41, 5.74) is 2.37. The number of amides is 1. The molecule has 0 aliphatic rings. The van der Waals surface area contributed by atoms with Crippen LogP contribution in [0.3, 0.4) is 0 Å². The summed E-state index contributed by atoms with van der Waals surface area (Å²) in [5, 5.41) is 8.10. The van der Waals surface area contributed by atoms with Gasteiger partial charge in [0.1, 0.15) is 0 Å². The highest BCUT2D eigenvalue weighted by molar-refractivity contribution is 9.11. The molecule has 0 aromatic carbocycles. The number of hydrogen-bond acceptors (Lipinski definition) is 4. The van der Waals surface area contributed by atoms with Gasteiger partial charge in [-0.25, -0.2) is 4.98 Å². The molecule has 5 nitrogen and oxygen atoms in total. The zero-order valence-corrected chi connectivity index (χ0v) is 13.2. The molecule has 3 aromatic heterocycles. The molecule has 0 radical (unpaired) electrons. The summed E-state index contributed by atoms with van der Waals surface area (Å²) in [7, 11) is 1.85. The summed E-state index contributed by atoms with van der Waals surface area (Å²) in [4.78, 5) is 17.1. The van der Waals surface area contributed by atoms with Crippen molar-refractivity contribution in [2.75, 3.05) is 5.32 Å². The van der Waals surface area contributed by atoms with Crippen LogP contribution in [0.1, 0.15) is 15.4 Å². The average molecular weight is 351 g/mol. The normalized spacial score (nSPS) is 10.9. The molecule has 0 aliphatic heterocycles. The molecule has 1 amide bonds. The van der Waals surface area contributed by atoms with Crippen LogP contribution in [0.4, 0.5) is 5.69 Å². The maximum absolute atomic E-state index is 12.1. The second-order valence-electron chi connectivity index (χ2n) is 4.36. The number of nitrogens with one attached hydrogen (secondary N) is 1. The van der Waals surface area contributed by atoms with Crippen molar-refractivity contribution in [3.8, 4) is 0 Å². The van der Waals surface area contributed by atoms with Crippen molar-refractivity contribution in [1.29, 1.82) is 0 Å². The lowest BCUT2D eigenvalue weighted by molar-refractivity contribution is 0.103. The van der Waals surface area contributed by atoms with E-state index in [0.717, 1.165) is 20.5 Å². The number of aromatic nitrogens is 3. The molecule has 102 valence electrons. The molecular weight excluding hydrogens is 340 g/mol. The second-order valence-corrected chi connectivity index (χ2v) is 6.83. The van der Waals surface area contributed by atoms with Gasteiger partial charge in [-0.15, -0.1) is 11.3 Å². The minimum atomic E-state index is -0.136. The molecule has 0 spiro atoms. The maximum atomic E-state index is 12.1. The van der Waals surface area contributed by atoms with Gasteiger partial charge in [0, 0.05) is 12.4 Å². The lowest BCUT2D eigenvalue weighted by Crippen LogP contribution is -2.10. The number of fused-ring (bicyclic) bond motifs is 1. The lowest BCUT2D eigenvalue weighted by atomic mass is 10.2. The van der Waals surface area contributed by atoms with Crippen LogP contribution in [-0.4, -0.2) is 20.7 Å². The Morgan fingerprint density at radius 1 is 1.45 bits per heavy atom. The number of thiophene rings is 1. The summed E-state index contributed by atoms with van der Waals surface area (Å²) in [6, 6.07) is 5.53. The molecule has 20 heavy (non-hydrogen) atoms. The third-order valence-electron chi connectivity index (χ3n) is 2.92. The van der Waals surface area contributed by atoms with Crippen molar-refractivity contribution in [3.63, 3.8) is 0 Å². The molecule has 0 fully saturated rings. The topological polar surface area (TPSA) is 59.8 Å². The fourth-order valence-corrected chi connectivity index (χ4v) is 3.29. The summed E-state index contributed by atoms with van der Waals surface area (Å²) >= 11 is 4.74. The Labute approximate surface area is 127 Å². The molecule has 0 saturated heterocycles. The van der Waals surface area contributed by atoms with Crippen LogP contribution in [0, 0.1) is 6.92 Å². The third-order valence-corrected chi connectivity index (χ3v) is 4.54. The molecule has 3 heterocycles. The number of pyridine rings is 1. The highest BCUT2D eigenvalue weighted by atomic mass is 79.9. The van der Waals surface area contributed by atoms with Gasteiger partial charge in [-0.3, -0.25) is 9.48 Å². The SMILES string of the molecule is Cc1nn(C)c2ncc(NC(=O)c3ccc(Br)s3)cc12. The van der Waals surface area contributed by atoms with Gasteiger partial charge < -0.3 is 5.32 Å². The number of rotatable bonds is 2. The van der Waals surface area contributed by atoms with Crippen LogP contribution < -0.4 is 5.32 Å². The van der Waals surface area contributed by atoms with Gasteiger partial charge in [0.25, 0.3) is 5.91 Å². The summed E-state index contributed by atoms with van der Waals surface area (Å²) in [6.45, 7) is 1.92. The number of halogens is 1. The van der Waals surface area contributed by atoms with Crippen LogP contribution in [0.2, 0.25) is 0 Å². The largest absolute Gasteiger partial charge is 0.320 e. The van der Waals surface area contributed by atoms with E-state index >= 15 is 0 Å². The fraction of sp³-hybridized carbons (Fsp3) is 0.154. The number of nitrogens with zero attached hydrogens (tertiary/aromatic N) is 3. The Balaban J connectivity index is 1.91. The molecule has 0 unspecified atom stereocenters. The first-order valence-electron chi connectivity index (χ1n) is 5.90. The number of anilines is 1. The van der Waals surface area contributed by atoms with Crippen molar-refractivity contribution >= 4 is 49.9 Å². The van der Waals surface area contributed by atoms with E-state index in [0.29, 0.717) is 10.6 Å². The van der Waals surface area contributed by atoms with Crippen molar-refractivity contribution in [3.05, 3.63) is 38.8 Å². The summed E-state index contributed by atoms with van der Waals surface area (Å²) in [5.74, 6) is -0.136. The van der Waals surface area contributed by atoms with Crippen molar-refractivity contribution < 1.29 is 4.79 Å². The molecule has 3 rings (SSSR count). The molecular formula is C13H11BrN4OS. The predicted molar refractivity (Wildman–Crippen MR) is 83.2 cm³/mol. The van der Waals surface area contributed by atoms with E-state index in [-0.39, 0.29) is 5.91 Å². The Hall–Kier alpha value is -1.73. The minimum Gasteiger partial charge on any atom is -0.320 e. The van der Waals surface area contributed by atoms with Gasteiger partial charge in [0.2, 0.25) is 0 Å². The zero-order chi connectivity index (χ0) is 14.3. The first-order chi connectivity index (χ1) is 9.54. The Kier molecular flexibility index (Phi) is 3.31. The van der Waals surface area contributed by atoms with E-state index in [1.54, 1.807) is 16.9 Å². The number of aryl methyl sites for hydroxylation is 2. The Morgan fingerprint density at radius 2 is 2.25 bits per heavy atom. The number of carbonyl (C=O) groups is 1. The monoisotopic (exact) mass is 350 g/mol. The standard InChI is InChI=1S/C13H11BrN4OS/c1-7-9-5-8(6-15-12(9)18(2)17-7)16-13(19)10-3-4-11(14)20-10/h3-6H,1-2H3,(H,16,19). The third kappa shape index (κ3) is 2.34. The Morgan fingerprint density at radius 3 is 2.95 bits per heavy atom.